The number of halogens is 1. The molecule has 2 aromatic rings. The number of ether oxygens (including phenoxy) is 1. The van der Waals surface area contributed by atoms with Crippen LogP contribution >= 0.6 is 15.9 Å². The van der Waals surface area contributed by atoms with Gasteiger partial charge in [-0.15, -0.1) is 0 Å². The number of benzene rings is 2. The normalized spacial score (nSPS) is 10.9. The molecule has 0 aromatic heterocycles. The van der Waals surface area contributed by atoms with Crippen molar-refractivity contribution in [1.82, 2.24) is 5.32 Å². The van der Waals surface area contributed by atoms with E-state index in [1.54, 1.807) is 0 Å². The monoisotopic (exact) mass is 347 g/mol. The summed E-state index contributed by atoms with van der Waals surface area (Å²) in [5.74, 6) is 0.897. The molecule has 2 nitrogen and oxygen atoms in total. The van der Waals surface area contributed by atoms with Crippen molar-refractivity contribution in [2.24, 2.45) is 0 Å². The van der Waals surface area contributed by atoms with Crippen LogP contribution in [0.2, 0.25) is 0 Å². The third-order valence-corrected chi connectivity index (χ3v) is 3.80. The maximum absolute atomic E-state index is 5.87. The lowest BCUT2D eigenvalue weighted by Crippen LogP contribution is -2.25. The summed E-state index contributed by atoms with van der Waals surface area (Å²) in [6, 6.07) is 17.0. The van der Waals surface area contributed by atoms with Crippen LogP contribution in [0.3, 0.4) is 0 Å². The second-order valence-corrected chi connectivity index (χ2v) is 6.29. The van der Waals surface area contributed by atoms with E-state index in [4.69, 9.17) is 4.74 Å². The van der Waals surface area contributed by atoms with Crippen LogP contribution in [0.25, 0.3) is 0 Å². The van der Waals surface area contributed by atoms with Crippen molar-refractivity contribution in [3.63, 3.8) is 0 Å². The largest absolute Gasteiger partial charge is 0.489 e. The second kappa shape index (κ2) is 8.20. The molecule has 0 saturated heterocycles. The molecule has 0 radical (unpaired) electrons. The van der Waals surface area contributed by atoms with Gasteiger partial charge in [-0.2, -0.15) is 0 Å². The predicted molar refractivity (Wildman–Crippen MR) is 91.8 cm³/mol. The first-order valence-corrected chi connectivity index (χ1v) is 8.13. The SMILES string of the molecule is CC(C)NCCc1ccccc1COc1ccc(Br)cc1. The summed E-state index contributed by atoms with van der Waals surface area (Å²) in [5.41, 5.74) is 2.61. The molecule has 0 aliphatic carbocycles. The van der Waals surface area contributed by atoms with Crippen molar-refractivity contribution in [2.45, 2.75) is 32.9 Å². The first-order chi connectivity index (χ1) is 10.1. The Labute approximate surface area is 135 Å². The van der Waals surface area contributed by atoms with E-state index in [0.29, 0.717) is 12.6 Å². The highest BCUT2D eigenvalue weighted by atomic mass is 79.9. The van der Waals surface area contributed by atoms with Crippen LogP contribution in [-0.4, -0.2) is 12.6 Å². The summed E-state index contributed by atoms with van der Waals surface area (Å²) in [6.45, 7) is 5.94. The van der Waals surface area contributed by atoms with Crippen LogP contribution in [0.15, 0.2) is 53.0 Å². The Balaban J connectivity index is 1.94. The molecular formula is C18H22BrNO. The van der Waals surface area contributed by atoms with Gasteiger partial charge in [-0.1, -0.05) is 54.0 Å². The Morgan fingerprint density at radius 1 is 1.00 bits per heavy atom. The zero-order valence-electron chi connectivity index (χ0n) is 12.6. The molecule has 0 spiro atoms. The zero-order chi connectivity index (χ0) is 15.1. The van der Waals surface area contributed by atoms with E-state index in [1.807, 2.05) is 24.3 Å². The highest BCUT2D eigenvalue weighted by Crippen LogP contribution is 2.18. The summed E-state index contributed by atoms with van der Waals surface area (Å²) in [7, 11) is 0. The fraction of sp³-hybridized carbons (Fsp3) is 0.333. The average Bonchev–Trinajstić information content (AvgIpc) is 2.47. The minimum Gasteiger partial charge on any atom is -0.489 e. The van der Waals surface area contributed by atoms with Crippen LogP contribution in [-0.2, 0) is 13.0 Å². The Kier molecular flexibility index (Phi) is 6.27. The lowest BCUT2D eigenvalue weighted by atomic mass is 10.1. The predicted octanol–water partition coefficient (Wildman–Crippen LogP) is 4.57. The van der Waals surface area contributed by atoms with Crippen molar-refractivity contribution in [2.75, 3.05) is 6.54 Å². The first-order valence-electron chi connectivity index (χ1n) is 7.33. The van der Waals surface area contributed by atoms with E-state index in [2.05, 4.69) is 59.4 Å². The Bertz CT molecular complexity index is 551. The molecule has 0 unspecified atom stereocenters. The molecule has 2 aromatic carbocycles. The molecule has 0 bridgehead atoms. The van der Waals surface area contributed by atoms with Gasteiger partial charge in [0.05, 0.1) is 0 Å². The van der Waals surface area contributed by atoms with Gasteiger partial charge in [0.1, 0.15) is 12.4 Å². The standard InChI is InChI=1S/C18H22BrNO/c1-14(2)20-12-11-15-5-3-4-6-16(15)13-21-18-9-7-17(19)8-10-18/h3-10,14,20H,11-13H2,1-2H3. The van der Waals surface area contributed by atoms with Gasteiger partial charge in [-0.3, -0.25) is 0 Å². The fourth-order valence-corrected chi connectivity index (χ4v) is 2.39. The van der Waals surface area contributed by atoms with Crippen molar-refractivity contribution < 1.29 is 4.74 Å². The van der Waals surface area contributed by atoms with Gasteiger partial charge in [-0.05, 0) is 48.4 Å². The summed E-state index contributed by atoms with van der Waals surface area (Å²) >= 11 is 3.43. The van der Waals surface area contributed by atoms with Crippen molar-refractivity contribution >= 4 is 15.9 Å². The quantitative estimate of drug-likeness (QED) is 0.792. The minimum atomic E-state index is 0.524. The minimum absolute atomic E-state index is 0.524. The average molecular weight is 348 g/mol. The maximum Gasteiger partial charge on any atom is 0.119 e. The second-order valence-electron chi connectivity index (χ2n) is 5.37. The molecule has 112 valence electrons. The van der Waals surface area contributed by atoms with E-state index >= 15 is 0 Å². The molecule has 0 heterocycles. The number of hydrogen-bond acceptors (Lipinski definition) is 2. The van der Waals surface area contributed by atoms with Crippen LogP contribution < -0.4 is 10.1 Å². The topological polar surface area (TPSA) is 21.3 Å². The van der Waals surface area contributed by atoms with E-state index in [1.165, 1.54) is 11.1 Å². The van der Waals surface area contributed by atoms with E-state index in [-0.39, 0.29) is 0 Å². The molecule has 1 N–H and O–H groups in total. The maximum atomic E-state index is 5.87. The van der Waals surface area contributed by atoms with Crippen molar-refractivity contribution in [3.05, 3.63) is 64.1 Å². The molecule has 0 aliphatic heterocycles. The number of hydrogen-bond donors (Lipinski definition) is 1. The van der Waals surface area contributed by atoms with Gasteiger partial charge in [-0.25, -0.2) is 0 Å². The Morgan fingerprint density at radius 2 is 1.67 bits per heavy atom. The fourth-order valence-electron chi connectivity index (χ4n) is 2.13. The van der Waals surface area contributed by atoms with E-state index in [9.17, 15) is 0 Å². The summed E-state index contributed by atoms with van der Waals surface area (Å²) < 4.78 is 6.94. The first kappa shape index (κ1) is 16.1. The van der Waals surface area contributed by atoms with Crippen LogP contribution in [0.5, 0.6) is 5.75 Å². The summed E-state index contributed by atoms with van der Waals surface area (Å²) in [4.78, 5) is 0. The smallest absolute Gasteiger partial charge is 0.119 e. The molecular weight excluding hydrogens is 326 g/mol. The third-order valence-electron chi connectivity index (χ3n) is 3.27. The van der Waals surface area contributed by atoms with Crippen molar-refractivity contribution in [1.29, 1.82) is 0 Å². The lowest BCUT2D eigenvalue weighted by Gasteiger charge is -2.13. The molecule has 3 heteroatoms. The van der Waals surface area contributed by atoms with E-state index < -0.39 is 0 Å². The number of nitrogens with one attached hydrogen (secondary N) is 1. The summed E-state index contributed by atoms with van der Waals surface area (Å²) in [5, 5.41) is 3.46. The lowest BCUT2D eigenvalue weighted by molar-refractivity contribution is 0.305. The molecule has 0 fully saturated rings. The highest BCUT2D eigenvalue weighted by molar-refractivity contribution is 9.10. The van der Waals surface area contributed by atoms with Gasteiger partial charge < -0.3 is 10.1 Å². The van der Waals surface area contributed by atoms with Gasteiger partial charge in [0, 0.05) is 10.5 Å². The van der Waals surface area contributed by atoms with Crippen LogP contribution in [0.1, 0.15) is 25.0 Å². The molecule has 21 heavy (non-hydrogen) atoms. The Morgan fingerprint density at radius 3 is 2.33 bits per heavy atom. The zero-order valence-corrected chi connectivity index (χ0v) is 14.2. The molecule has 0 atom stereocenters. The van der Waals surface area contributed by atoms with Gasteiger partial charge in [0.15, 0.2) is 0 Å². The highest BCUT2D eigenvalue weighted by Gasteiger charge is 2.03. The van der Waals surface area contributed by atoms with Crippen LogP contribution in [0.4, 0.5) is 0 Å². The van der Waals surface area contributed by atoms with Crippen molar-refractivity contribution in [3.8, 4) is 5.75 Å². The van der Waals surface area contributed by atoms with Crippen LogP contribution in [0, 0.1) is 0 Å². The molecule has 0 aliphatic rings. The van der Waals surface area contributed by atoms with Gasteiger partial charge in [0.2, 0.25) is 0 Å². The summed E-state index contributed by atoms with van der Waals surface area (Å²) in [6.07, 6.45) is 1.03. The molecule has 2 rings (SSSR count). The van der Waals surface area contributed by atoms with E-state index in [0.717, 1.165) is 23.2 Å². The third kappa shape index (κ3) is 5.52. The van der Waals surface area contributed by atoms with Gasteiger partial charge >= 0.3 is 0 Å². The number of rotatable bonds is 7. The molecule has 0 saturated carbocycles. The Hall–Kier alpha value is -1.32. The van der Waals surface area contributed by atoms with Gasteiger partial charge in [0.25, 0.3) is 0 Å². The molecule has 0 amide bonds.